The molecule has 0 radical (unpaired) electrons. The number of alkyl halides is 3. The highest BCUT2D eigenvalue weighted by Gasteiger charge is 2.32. The van der Waals surface area contributed by atoms with E-state index in [0.717, 1.165) is 6.07 Å². The summed E-state index contributed by atoms with van der Waals surface area (Å²) in [4.78, 5) is 10.4. The monoisotopic (exact) mass is 250 g/mol. The van der Waals surface area contributed by atoms with Crippen molar-refractivity contribution in [2.75, 3.05) is 13.9 Å². The van der Waals surface area contributed by atoms with E-state index in [4.69, 9.17) is 4.74 Å². The minimum atomic E-state index is -4.85. The number of carbonyl (C=O) groups excluding carboxylic acids is 1. The number of hydrogen-bond acceptors (Lipinski definition) is 4. The summed E-state index contributed by atoms with van der Waals surface area (Å²) in [5.74, 6) is -0.742. The highest BCUT2D eigenvalue weighted by molar-refractivity contribution is 5.76. The smallest absolute Gasteiger partial charge is 0.464 e. The molecular formula is C10H9F3O4. The summed E-state index contributed by atoms with van der Waals surface area (Å²) in [7, 11) is 1.32. The van der Waals surface area contributed by atoms with Gasteiger partial charge >= 0.3 is 6.36 Å². The molecule has 0 heterocycles. The standard InChI is InChI=1S/C10H9F3O4/c1-15-6-16-8-3-2-7(5-14)4-9(8)17-10(11,12)13/h2-5H,6H2,1H3. The van der Waals surface area contributed by atoms with Crippen LogP contribution in [0.4, 0.5) is 13.2 Å². The van der Waals surface area contributed by atoms with Crippen molar-refractivity contribution in [1.29, 1.82) is 0 Å². The van der Waals surface area contributed by atoms with Crippen LogP contribution in [-0.4, -0.2) is 26.6 Å². The third kappa shape index (κ3) is 4.31. The second-order valence-corrected chi connectivity index (χ2v) is 2.92. The molecule has 0 spiro atoms. The van der Waals surface area contributed by atoms with E-state index in [1.165, 1.54) is 19.2 Å². The fraction of sp³-hybridized carbons (Fsp3) is 0.300. The Kier molecular flexibility index (Phi) is 4.33. The molecule has 4 nitrogen and oxygen atoms in total. The van der Waals surface area contributed by atoms with Crippen LogP contribution in [0.25, 0.3) is 0 Å². The Balaban J connectivity index is 2.98. The summed E-state index contributed by atoms with van der Waals surface area (Å²) in [6.07, 6.45) is -4.45. The maximum atomic E-state index is 12.1. The van der Waals surface area contributed by atoms with Crippen LogP contribution in [-0.2, 0) is 4.74 Å². The molecular weight excluding hydrogens is 241 g/mol. The van der Waals surface area contributed by atoms with Gasteiger partial charge < -0.3 is 14.2 Å². The van der Waals surface area contributed by atoms with Crippen molar-refractivity contribution in [2.24, 2.45) is 0 Å². The molecule has 0 aromatic heterocycles. The molecule has 1 rings (SSSR count). The third-order valence-electron chi connectivity index (χ3n) is 1.66. The number of carbonyl (C=O) groups is 1. The quantitative estimate of drug-likeness (QED) is 0.594. The number of aldehydes is 1. The predicted octanol–water partition coefficient (Wildman–Crippen LogP) is 2.38. The largest absolute Gasteiger partial charge is 0.573 e. The first-order valence-corrected chi connectivity index (χ1v) is 4.43. The molecule has 0 N–H and O–H groups in total. The number of methoxy groups -OCH3 is 1. The first-order chi connectivity index (χ1) is 7.96. The minimum Gasteiger partial charge on any atom is -0.464 e. The lowest BCUT2D eigenvalue weighted by Gasteiger charge is -2.13. The van der Waals surface area contributed by atoms with Gasteiger partial charge in [-0.2, -0.15) is 0 Å². The van der Waals surface area contributed by atoms with E-state index in [1.54, 1.807) is 0 Å². The van der Waals surface area contributed by atoms with E-state index in [-0.39, 0.29) is 18.1 Å². The summed E-state index contributed by atoms with van der Waals surface area (Å²) >= 11 is 0. The fourth-order valence-corrected chi connectivity index (χ4v) is 1.04. The van der Waals surface area contributed by atoms with Crippen molar-refractivity contribution in [3.05, 3.63) is 23.8 Å². The lowest BCUT2D eigenvalue weighted by Crippen LogP contribution is -2.18. The maximum Gasteiger partial charge on any atom is 0.573 e. The minimum absolute atomic E-state index is 0.0500. The van der Waals surface area contributed by atoms with E-state index < -0.39 is 12.1 Å². The molecule has 0 aliphatic heterocycles. The molecule has 0 bridgehead atoms. The molecule has 0 atom stereocenters. The van der Waals surface area contributed by atoms with Crippen LogP contribution >= 0.6 is 0 Å². The number of benzene rings is 1. The average Bonchev–Trinajstić information content (AvgIpc) is 2.25. The van der Waals surface area contributed by atoms with Gasteiger partial charge in [0.25, 0.3) is 0 Å². The Hall–Kier alpha value is -1.76. The first-order valence-electron chi connectivity index (χ1n) is 4.43. The topological polar surface area (TPSA) is 44.8 Å². The Morgan fingerprint density at radius 1 is 1.29 bits per heavy atom. The van der Waals surface area contributed by atoms with E-state index in [0.29, 0.717) is 6.29 Å². The molecule has 0 aliphatic rings. The normalized spacial score (nSPS) is 11.1. The number of ether oxygens (including phenoxy) is 3. The molecule has 0 saturated carbocycles. The van der Waals surface area contributed by atoms with Crippen LogP contribution < -0.4 is 9.47 Å². The van der Waals surface area contributed by atoms with Gasteiger partial charge in [0.1, 0.15) is 6.29 Å². The molecule has 0 fully saturated rings. The summed E-state index contributed by atoms with van der Waals surface area (Å²) < 4.78 is 49.4. The van der Waals surface area contributed by atoms with Crippen LogP contribution in [0.3, 0.4) is 0 Å². The van der Waals surface area contributed by atoms with Crippen molar-refractivity contribution >= 4 is 6.29 Å². The van der Waals surface area contributed by atoms with Crippen LogP contribution in [0.15, 0.2) is 18.2 Å². The molecule has 17 heavy (non-hydrogen) atoms. The summed E-state index contributed by atoms with van der Waals surface area (Å²) in [5, 5.41) is 0. The lowest BCUT2D eigenvalue weighted by molar-refractivity contribution is -0.275. The van der Waals surface area contributed by atoms with Gasteiger partial charge in [0.2, 0.25) is 0 Å². The maximum absolute atomic E-state index is 12.1. The molecule has 0 amide bonds. The zero-order valence-corrected chi connectivity index (χ0v) is 8.78. The molecule has 1 aromatic carbocycles. The summed E-state index contributed by atoms with van der Waals surface area (Å²) in [6, 6.07) is 3.44. The molecule has 7 heteroatoms. The van der Waals surface area contributed by atoms with Crippen LogP contribution in [0.1, 0.15) is 10.4 Å². The Morgan fingerprint density at radius 3 is 2.53 bits per heavy atom. The van der Waals surface area contributed by atoms with Gasteiger partial charge in [0.15, 0.2) is 18.3 Å². The summed E-state index contributed by atoms with van der Waals surface area (Å²) in [6.45, 7) is -0.228. The Labute approximate surface area is 94.9 Å². The van der Waals surface area contributed by atoms with Gasteiger partial charge in [-0.3, -0.25) is 4.79 Å². The molecule has 0 aliphatic carbocycles. The molecule has 0 saturated heterocycles. The van der Waals surface area contributed by atoms with E-state index in [9.17, 15) is 18.0 Å². The van der Waals surface area contributed by atoms with Crippen LogP contribution in [0, 0.1) is 0 Å². The van der Waals surface area contributed by atoms with Crippen molar-refractivity contribution in [2.45, 2.75) is 6.36 Å². The zero-order chi connectivity index (χ0) is 12.9. The lowest BCUT2D eigenvalue weighted by atomic mass is 10.2. The molecule has 1 aromatic rings. The van der Waals surface area contributed by atoms with E-state index in [1.807, 2.05) is 0 Å². The highest BCUT2D eigenvalue weighted by Crippen LogP contribution is 2.32. The van der Waals surface area contributed by atoms with E-state index >= 15 is 0 Å². The van der Waals surface area contributed by atoms with Gasteiger partial charge in [-0.1, -0.05) is 0 Å². The third-order valence-corrected chi connectivity index (χ3v) is 1.66. The Morgan fingerprint density at radius 2 is 2.00 bits per heavy atom. The predicted molar refractivity (Wildman–Crippen MR) is 51.0 cm³/mol. The number of halogens is 3. The van der Waals surface area contributed by atoms with Gasteiger partial charge in [0, 0.05) is 12.7 Å². The van der Waals surface area contributed by atoms with Crippen molar-refractivity contribution < 1.29 is 32.2 Å². The van der Waals surface area contributed by atoms with Gasteiger partial charge in [0.05, 0.1) is 0 Å². The second-order valence-electron chi connectivity index (χ2n) is 2.92. The van der Waals surface area contributed by atoms with Gasteiger partial charge in [-0.25, -0.2) is 0 Å². The van der Waals surface area contributed by atoms with Crippen molar-refractivity contribution in [3.8, 4) is 11.5 Å². The highest BCUT2D eigenvalue weighted by atomic mass is 19.4. The van der Waals surface area contributed by atoms with Gasteiger partial charge in [-0.15, -0.1) is 13.2 Å². The van der Waals surface area contributed by atoms with Crippen molar-refractivity contribution in [3.63, 3.8) is 0 Å². The average molecular weight is 250 g/mol. The SMILES string of the molecule is COCOc1ccc(C=O)cc1OC(F)(F)F. The van der Waals surface area contributed by atoms with Crippen LogP contribution in [0.2, 0.25) is 0 Å². The number of hydrogen-bond donors (Lipinski definition) is 0. The van der Waals surface area contributed by atoms with Gasteiger partial charge in [-0.05, 0) is 18.2 Å². The molecule has 94 valence electrons. The number of rotatable bonds is 5. The zero-order valence-electron chi connectivity index (χ0n) is 8.78. The van der Waals surface area contributed by atoms with Crippen molar-refractivity contribution in [1.82, 2.24) is 0 Å². The second kappa shape index (κ2) is 5.53. The Bertz CT molecular complexity index is 390. The first kappa shape index (κ1) is 13.3. The molecule has 0 unspecified atom stereocenters. The summed E-state index contributed by atoms with van der Waals surface area (Å²) in [5.41, 5.74) is 0.0500. The van der Waals surface area contributed by atoms with E-state index in [2.05, 4.69) is 9.47 Å². The van der Waals surface area contributed by atoms with Crippen LogP contribution in [0.5, 0.6) is 11.5 Å². The fourth-order valence-electron chi connectivity index (χ4n) is 1.04.